The first-order valence-electron chi connectivity index (χ1n) is 14.1. The highest BCUT2D eigenvalue weighted by Crippen LogP contribution is 2.32. The van der Waals surface area contributed by atoms with Crippen LogP contribution >= 0.6 is 11.3 Å². The van der Waals surface area contributed by atoms with Gasteiger partial charge in [0.25, 0.3) is 0 Å². The zero-order chi connectivity index (χ0) is 25.7. The lowest BCUT2D eigenvalue weighted by Gasteiger charge is -2.34. The van der Waals surface area contributed by atoms with Crippen LogP contribution in [0.3, 0.4) is 0 Å². The Kier molecular flexibility index (Phi) is 7.92. The summed E-state index contributed by atoms with van der Waals surface area (Å²) in [6.45, 7) is 3.62. The van der Waals surface area contributed by atoms with E-state index in [4.69, 9.17) is 14.7 Å². The molecule has 1 saturated carbocycles. The lowest BCUT2D eigenvalue weighted by molar-refractivity contribution is -0.111. The fourth-order valence-electron chi connectivity index (χ4n) is 5.79. The number of carbonyl (C=O) groups excluding carboxylic acids is 1. The second-order valence-electron chi connectivity index (χ2n) is 10.8. The number of piperidine rings is 2. The predicted octanol–water partition coefficient (Wildman–Crippen LogP) is 5.40. The minimum Gasteiger partial charge on any atom is -0.375 e. The molecule has 0 spiro atoms. The van der Waals surface area contributed by atoms with E-state index in [1.54, 1.807) is 11.3 Å². The number of hydrogen-bond acceptors (Lipinski definition) is 9. The highest BCUT2D eigenvalue weighted by atomic mass is 32.1. The molecule has 1 aromatic carbocycles. The molecule has 3 fully saturated rings. The molecule has 0 bridgehead atoms. The van der Waals surface area contributed by atoms with Crippen molar-refractivity contribution in [1.29, 1.82) is 0 Å². The van der Waals surface area contributed by atoms with E-state index >= 15 is 0 Å². The molecule has 0 atom stereocenters. The molecule has 3 aromatic rings. The summed E-state index contributed by atoms with van der Waals surface area (Å²) in [5.41, 5.74) is 3.14. The third kappa shape index (κ3) is 5.89. The van der Waals surface area contributed by atoms with Gasteiger partial charge >= 0.3 is 0 Å². The van der Waals surface area contributed by atoms with Crippen molar-refractivity contribution in [3.8, 4) is 21.7 Å². The van der Waals surface area contributed by atoms with E-state index in [1.165, 1.54) is 32.1 Å². The number of aldehydes is 1. The van der Waals surface area contributed by atoms with E-state index in [0.717, 1.165) is 90.9 Å². The summed E-state index contributed by atoms with van der Waals surface area (Å²) in [6, 6.07) is 8.36. The first-order valence-corrected chi connectivity index (χ1v) is 14.9. The van der Waals surface area contributed by atoms with Crippen LogP contribution in [0.2, 0.25) is 0 Å². The Morgan fingerprint density at radius 1 is 0.737 bits per heavy atom. The zero-order valence-corrected chi connectivity index (χ0v) is 22.7. The molecule has 4 heterocycles. The molecule has 0 radical (unpaired) electrons. The van der Waals surface area contributed by atoms with Gasteiger partial charge in [-0.1, -0.05) is 54.9 Å². The summed E-state index contributed by atoms with van der Waals surface area (Å²) in [5, 5.41) is 10.7. The standard InChI is InChI=1S/C29H36N6O2S/c36-20-21-10-14-35(15-11-21)29-33-32-27(38-29)23-8-6-22(7-9-23)24-18-30-28(31-19-24)34-16-12-26(13-17-34)37-25-4-2-1-3-5-25/h6-9,18-21,25-26H,1-5,10-17H2. The molecular formula is C29H36N6O2S. The van der Waals surface area contributed by atoms with Crippen LogP contribution in [0.1, 0.15) is 57.8 Å². The van der Waals surface area contributed by atoms with Gasteiger partial charge < -0.3 is 19.3 Å². The molecule has 38 heavy (non-hydrogen) atoms. The van der Waals surface area contributed by atoms with Crippen LogP contribution in [-0.2, 0) is 9.53 Å². The van der Waals surface area contributed by atoms with E-state index in [1.807, 2.05) is 12.4 Å². The molecule has 9 heteroatoms. The Morgan fingerprint density at radius 2 is 1.37 bits per heavy atom. The second-order valence-corrected chi connectivity index (χ2v) is 11.7. The van der Waals surface area contributed by atoms with Gasteiger partial charge in [0.2, 0.25) is 11.1 Å². The summed E-state index contributed by atoms with van der Waals surface area (Å²) in [5.74, 6) is 0.988. The molecule has 3 aliphatic rings. The Bertz CT molecular complexity index is 1180. The van der Waals surface area contributed by atoms with E-state index in [-0.39, 0.29) is 5.92 Å². The van der Waals surface area contributed by atoms with Crippen molar-refractivity contribution in [2.45, 2.75) is 70.0 Å². The summed E-state index contributed by atoms with van der Waals surface area (Å²) in [6.07, 6.45) is 16.1. The summed E-state index contributed by atoms with van der Waals surface area (Å²) in [7, 11) is 0. The molecule has 0 N–H and O–H groups in total. The highest BCUT2D eigenvalue weighted by molar-refractivity contribution is 7.18. The quantitative estimate of drug-likeness (QED) is 0.374. The van der Waals surface area contributed by atoms with Crippen LogP contribution in [0, 0.1) is 5.92 Å². The normalized spacial score (nSPS) is 20.1. The zero-order valence-electron chi connectivity index (χ0n) is 21.9. The summed E-state index contributed by atoms with van der Waals surface area (Å²) < 4.78 is 6.39. The number of benzene rings is 1. The van der Waals surface area contributed by atoms with Crippen LogP contribution in [0.25, 0.3) is 21.7 Å². The Hall–Kier alpha value is -2.91. The number of ether oxygens (including phenoxy) is 1. The van der Waals surface area contributed by atoms with Crippen molar-refractivity contribution >= 4 is 28.7 Å². The maximum atomic E-state index is 11.0. The van der Waals surface area contributed by atoms with Gasteiger partial charge in [-0.05, 0) is 44.1 Å². The van der Waals surface area contributed by atoms with Crippen molar-refractivity contribution in [2.24, 2.45) is 5.92 Å². The van der Waals surface area contributed by atoms with Crippen LogP contribution in [0.4, 0.5) is 11.1 Å². The van der Waals surface area contributed by atoms with E-state index < -0.39 is 0 Å². The largest absolute Gasteiger partial charge is 0.375 e. The topological polar surface area (TPSA) is 84.3 Å². The lowest BCUT2D eigenvalue weighted by Crippen LogP contribution is -2.39. The van der Waals surface area contributed by atoms with Gasteiger partial charge in [-0.15, -0.1) is 10.2 Å². The van der Waals surface area contributed by atoms with Crippen molar-refractivity contribution in [2.75, 3.05) is 36.0 Å². The highest BCUT2D eigenvalue weighted by Gasteiger charge is 2.25. The molecule has 2 aromatic heterocycles. The van der Waals surface area contributed by atoms with Gasteiger partial charge in [-0.2, -0.15) is 0 Å². The van der Waals surface area contributed by atoms with Crippen molar-refractivity contribution in [3.05, 3.63) is 36.7 Å². The smallest absolute Gasteiger partial charge is 0.225 e. The van der Waals surface area contributed by atoms with Gasteiger partial charge in [0, 0.05) is 55.6 Å². The number of nitrogens with zero attached hydrogens (tertiary/aromatic N) is 6. The first kappa shape index (κ1) is 25.4. The van der Waals surface area contributed by atoms with Gasteiger partial charge in [0.05, 0.1) is 12.2 Å². The van der Waals surface area contributed by atoms with E-state index in [0.29, 0.717) is 12.2 Å². The molecule has 2 saturated heterocycles. The summed E-state index contributed by atoms with van der Waals surface area (Å²) in [4.78, 5) is 24.9. The maximum Gasteiger partial charge on any atom is 0.225 e. The Labute approximate surface area is 228 Å². The second kappa shape index (κ2) is 11.9. The summed E-state index contributed by atoms with van der Waals surface area (Å²) >= 11 is 1.61. The Balaban J connectivity index is 1.03. The van der Waals surface area contributed by atoms with Crippen molar-refractivity contribution in [3.63, 3.8) is 0 Å². The average Bonchev–Trinajstić information content (AvgIpc) is 3.49. The first-order chi connectivity index (χ1) is 18.7. The van der Waals surface area contributed by atoms with E-state index in [2.05, 4.69) is 44.3 Å². The fraction of sp³-hybridized carbons (Fsp3) is 0.552. The van der Waals surface area contributed by atoms with Crippen LogP contribution < -0.4 is 9.80 Å². The molecule has 1 aliphatic carbocycles. The van der Waals surface area contributed by atoms with Crippen LogP contribution in [0.5, 0.6) is 0 Å². The van der Waals surface area contributed by atoms with Crippen molar-refractivity contribution in [1.82, 2.24) is 20.2 Å². The lowest BCUT2D eigenvalue weighted by atomic mass is 9.97. The monoisotopic (exact) mass is 532 g/mol. The molecule has 2 aliphatic heterocycles. The molecule has 8 nitrogen and oxygen atoms in total. The van der Waals surface area contributed by atoms with Crippen molar-refractivity contribution < 1.29 is 9.53 Å². The predicted molar refractivity (Wildman–Crippen MR) is 151 cm³/mol. The molecule has 200 valence electrons. The SMILES string of the molecule is O=CC1CCN(c2nnc(-c3ccc(-c4cnc(N5CCC(OC6CCCCC6)CC5)nc4)cc3)s2)CC1. The van der Waals surface area contributed by atoms with Crippen LogP contribution in [-0.4, -0.2) is 64.8 Å². The average molecular weight is 533 g/mol. The van der Waals surface area contributed by atoms with Crippen LogP contribution in [0.15, 0.2) is 36.7 Å². The molecular weight excluding hydrogens is 496 g/mol. The maximum absolute atomic E-state index is 11.0. The minimum absolute atomic E-state index is 0.182. The Morgan fingerprint density at radius 3 is 2.05 bits per heavy atom. The van der Waals surface area contributed by atoms with Gasteiger partial charge in [0.15, 0.2) is 0 Å². The van der Waals surface area contributed by atoms with E-state index in [9.17, 15) is 4.79 Å². The minimum atomic E-state index is 0.182. The molecule has 0 amide bonds. The third-order valence-electron chi connectivity index (χ3n) is 8.18. The van der Waals surface area contributed by atoms with Gasteiger partial charge in [0.1, 0.15) is 11.3 Å². The molecule has 6 rings (SSSR count). The fourth-order valence-corrected chi connectivity index (χ4v) is 6.69. The number of rotatable bonds is 7. The third-order valence-corrected chi connectivity index (χ3v) is 9.22. The number of hydrogen-bond donors (Lipinski definition) is 0. The van der Waals surface area contributed by atoms with Gasteiger partial charge in [-0.25, -0.2) is 9.97 Å². The number of aromatic nitrogens is 4. The molecule has 0 unspecified atom stereocenters. The number of carbonyl (C=O) groups is 1. The van der Waals surface area contributed by atoms with Gasteiger partial charge in [-0.3, -0.25) is 0 Å². The number of anilines is 2.